The molecule has 4 rings (SSSR count). The number of rotatable bonds is 5. The zero-order valence-corrected chi connectivity index (χ0v) is 12.0. The maximum Gasteiger partial charge on any atom is 0.0830 e. The molecule has 2 heteroatoms. The van der Waals surface area contributed by atoms with Crippen molar-refractivity contribution in [3.05, 3.63) is 0 Å². The van der Waals surface area contributed by atoms with Crippen LogP contribution in [0.2, 0.25) is 0 Å². The van der Waals surface area contributed by atoms with Gasteiger partial charge in [-0.1, -0.05) is 13.8 Å². The monoisotopic (exact) mass is 252 g/mol. The first kappa shape index (κ1) is 12.9. The quantitative estimate of drug-likeness (QED) is 0.760. The zero-order valence-electron chi connectivity index (χ0n) is 12.0. The molecule has 4 aliphatic rings. The summed E-state index contributed by atoms with van der Waals surface area (Å²) in [4.78, 5) is 0. The minimum atomic E-state index is -0.228. The van der Waals surface area contributed by atoms with Gasteiger partial charge in [0.15, 0.2) is 0 Å². The van der Waals surface area contributed by atoms with E-state index in [1.54, 1.807) is 0 Å². The molecule has 2 nitrogen and oxygen atoms in total. The SMILES string of the molecule is CCCOCC(O)C12CC3CC(CC(C)(C3)C1)C2. The molecule has 104 valence electrons. The van der Waals surface area contributed by atoms with Crippen molar-refractivity contribution in [1.82, 2.24) is 0 Å². The van der Waals surface area contributed by atoms with Crippen molar-refractivity contribution in [2.75, 3.05) is 13.2 Å². The molecule has 0 spiro atoms. The number of hydrogen-bond donors (Lipinski definition) is 1. The Bertz CT molecular complexity index is 298. The Morgan fingerprint density at radius 3 is 2.44 bits per heavy atom. The predicted molar refractivity (Wildman–Crippen MR) is 72.3 cm³/mol. The lowest BCUT2D eigenvalue weighted by Gasteiger charge is -2.62. The molecule has 0 aromatic heterocycles. The second-order valence-electron chi connectivity index (χ2n) is 7.72. The first-order valence-corrected chi connectivity index (χ1v) is 7.81. The fraction of sp³-hybridized carbons (Fsp3) is 1.00. The van der Waals surface area contributed by atoms with Crippen LogP contribution in [0.25, 0.3) is 0 Å². The van der Waals surface area contributed by atoms with E-state index in [0.717, 1.165) is 24.9 Å². The van der Waals surface area contributed by atoms with E-state index in [9.17, 15) is 5.11 Å². The van der Waals surface area contributed by atoms with E-state index in [1.807, 2.05) is 0 Å². The van der Waals surface area contributed by atoms with Gasteiger partial charge in [0.1, 0.15) is 0 Å². The van der Waals surface area contributed by atoms with Gasteiger partial charge in [0.2, 0.25) is 0 Å². The second kappa shape index (κ2) is 4.49. The summed E-state index contributed by atoms with van der Waals surface area (Å²) in [5, 5.41) is 10.6. The Hall–Kier alpha value is -0.0800. The molecule has 4 aliphatic carbocycles. The summed E-state index contributed by atoms with van der Waals surface area (Å²) >= 11 is 0. The molecule has 3 atom stereocenters. The second-order valence-corrected chi connectivity index (χ2v) is 7.72. The molecule has 0 amide bonds. The highest BCUT2D eigenvalue weighted by atomic mass is 16.5. The molecule has 0 heterocycles. The smallest absolute Gasteiger partial charge is 0.0830 e. The number of ether oxygens (including phenoxy) is 1. The average molecular weight is 252 g/mol. The van der Waals surface area contributed by atoms with Crippen LogP contribution in [0.1, 0.15) is 58.8 Å². The van der Waals surface area contributed by atoms with Crippen LogP contribution in [-0.2, 0) is 4.74 Å². The standard InChI is InChI=1S/C16H28O2/c1-3-4-18-10-14(17)16-8-12-5-13(9-16)7-15(2,6-12)11-16/h12-14,17H,3-11H2,1-2H3. The molecule has 4 saturated carbocycles. The normalized spacial score (nSPS) is 47.5. The summed E-state index contributed by atoms with van der Waals surface area (Å²) in [6, 6.07) is 0. The van der Waals surface area contributed by atoms with E-state index in [4.69, 9.17) is 4.74 Å². The maximum absolute atomic E-state index is 10.6. The molecule has 4 fully saturated rings. The molecule has 4 bridgehead atoms. The summed E-state index contributed by atoms with van der Waals surface area (Å²) in [7, 11) is 0. The first-order chi connectivity index (χ1) is 8.55. The third-order valence-corrected chi connectivity index (χ3v) is 5.73. The Balaban J connectivity index is 1.70. The Morgan fingerprint density at radius 1 is 1.22 bits per heavy atom. The van der Waals surface area contributed by atoms with Crippen LogP contribution in [0.15, 0.2) is 0 Å². The minimum absolute atomic E-state index is 0.201. The van der Waals surface area contributed by atoms with E-state index < -0.39 is 0 Å². The zero-order chi connectivity index (χ0) is 12.8. The molecule has 1 N–H and O–H groups in total. The van der Waals surface area contributed by atoms with Gasteiger partial charge in [-0.15, -0.1) is 0 Å². The first-order valence-electron chi connectivity index (χ1n) is 7.81. The van der Waals surface area contributed by atoms with Gasteiger partial charge in [-0.25, -0.2) is 0 Å². The third-order valence-electron chi connectivity index (χ3n) is 5.73. The van der Waals surface area contributed by atoms with Gasteiger partial charge < -0.3 is 9.84 Å². The van der Waals surface area contributed by atoms with Gasteiger partial charge in [0, 0.05) is 6.61 Å². The van der Waals surface area contributed by atoms with E-state index >= 15 is 0 Å². The lowest BCUT2D eigenvalue weighted by Crippen LogP contribution is -2.56. The fourth-order valence-corrected chi connectivity index (χ4v) is 5.70. The van der Waals surface area contributed by atoms with Gasteiger partial charge in [-0.3, -0.25) is 0 Å². The van der Waals surface area contributed by atoms with Gasteiger partial charge in [-0.05, 0) is 67.6 Å². The summed E-state index contributed by atoms with van der Waals surface area (Å²) in [6.45, 7) is 5.93. The molecule has 0 radical (unpaired) electrons. The molecular weight excluding hydrogens is 224 g/mol. The Morgan fingerprint density at radius 2 is 1.89 bits per heavy atom. The number of aliphatic hydroxyl groups is 1. The van der Waals surface area contributed by atoms with Crippen LogP contribution in [0, 0.1) is 22.7 Å². The van der Waals surface area contributed by atoms with Crippen molar-refractivity contribution in [3.63, 3.8) is 0 Å². The summed E-state index contributed by atoms with van der Waals surface area (Å²) < 4.78 is 5.62. The van der Waals surface area contributed by atoms with Crippen molar-refractivity contribution < 1.29 is 9.84 Å². The highest BCUT2D eigenvalue weighted by molar-refractivity contribution is 5.08. The van der Waals surface area contributed by atoms with Crippen molar-refractivity contribution >= 4 is 0 Å². The molecule has 3 unspecified atom stereocenters. The van der Waals surface area contributed by atoms with Crippen LogP contribution in [0.4, 0.5) is 0 Å². The van der Waals surface area contributed by atoms with Crippen molar-refractivity contribution in [2.24, 2.45) is 22.7 Å². The topological polar surface area (TPSA) is 29.5 Å². The molecule has 0 saturated heterocycles. The van der Waals surface area contributed by atoms with Crippen LogP contribution in [0.5, 0.6) is 0 Å². The van der Waals surface area contributed by atoms with Gasteiger partial charge in [-0.2, -0.15) is 0 Å². The fourth-order valence-electron chi connectivity index (χ4n) is 5.70. The van der Waals surface area contributed by atoms with Crippen molar-refractivity contribution in [1.29, 1.82) is 0 Å². The highest BCUT2D eigenvalue weighted by Crippen LogP contribution is 2.66. The number of aliphatic hydroxyl groups excluding tert-OH is 1. The van der Waals surface area contributed by atoms with E-state index in [1.165, 1.54) is 38.5 Å². The molecule has 0 aromatic carbocycles. The molecule has 0 aliphatic heterocycles. The summed E-state index contributed by atoms with van der Waals surface area (Å²) in [6.07, 6.45) is 8.83. The van der Waals surface area contributed by atoms with Crippen LogP contribution in [0.3, 0.4) is 0 Å². The largest absolute Gasteiger partial charge is 0.390 e. The molecular formula is C16H28O2. The van der Waals surface area contributed by atoms with E-state index in [-0.39, 0.29) is 11.5 Å². The maximum atomic E-state index is 10.6. The van der Waals surface area contributed by atoms with E-state index in [0.29, 0.717) is 12.0 Å². The lowest BCUT2D eigenvalue weighted by atomic mass is 9.43. The summed E-state index contributed by atoms with van der Waals surface area (Å²) in [5.41, 5.74) is 0.725. The lowest BCUT2D eigenvalue weighted by molar-refractivity contribution is -0.167. The molecule has 18 heavy (non-hydrogen) atoms. The van der Waals surface area contributed by atoms with Crippen LogP contribution < -0.4 is 0 Å². The van der Waals surface area contributed by atoms with E-state index in [2.05, 4.69) is 13.8 Å². The average Bonchev–Trinajstić information content (AvgIpc) is 2.25. The highest BCUT2D eigenvalue weighted by Gasteiger charge is 2.58. The Kier molecular flexibility index (Phi) is 3.22. The van der Waals surface area contributed by atoms with Gasteiger partial charge >= 0.3 is 0 Å². The van der Waals surface area contributed by atoms with Crippen LogP contribution in [-0.4, -0.2) is 24.4 Å². The van der Waals surface area contributed by atoms with Crippen molar-refractivity contribution in [3.8, 4) is 0 Å². The third kappa shape index (κ3) is 2.12. The van der Waals surface area contributed by atoms with Gasteiger partial charge in [0.05, 0.1) is 12.7 Å². The van der Waals surface area contributed by atoms with Crippen molar-refractivity contribution in [2.45, 2.75) is 64.9 Å². The predicted octanol–water partition coefficient (Wildman–Crippen LogP) is 3.38. The van der Waals surface area contributed by atoms with Crippen LogP contribution >= 0.6 is 0 Å². The minimum Gasteiger partial charge on any atom is -0.390 e. The van der Waals surface area contributed by atoms with Gasteiger partial charge in [0.25, 0.3) is 0 Å². The Labute approximate surface area is 111 Å². The number of hydrogen-bond acceptors (Lipinski definition) is 2. The molecule has 0 aromatic rings. The summed E-state index contributed by atoms with van der Waals surface area (Å²) in [5.74, 6) is 1.77.